The van der Waals surface area contributed by atoms with Crippen molar-refractivity contribution in [3.05, 3.63) is 0 Å². The highest BCUT2D eigenvalue weighted by atomic mass is 32.2. The van der Waals surface area contributed by atoms with Gasteiger partial charge in [0.1, 0.15) is 0 Å². The topological polar surface area (TPSA) is 61.4 Å². The first-order chi connectivity index (χ1) is 8.93. The average Bonchev–Trinajstić information content (AvgIpc) is 2.38. The van der Waals surface area contributed by atoms with Crippen LogP contribution in [0.5, 0.6) is 0 Å². The summed E-state index contributed by atoms with van der Waals surface area (Å²) in [6, 6.07) is 0.626. The van der Waals surface area contributed by atoms with Gasteiger partial charge in [-0.3, -0.25) is 0 Å². The maximum absolute atomic E-state index is 12.1. The Bertz CT molecular complexity index is 338. The van der Waals surface area contributed by atoms with Gasteiger partial charge in [-0.25, -0.2) is 4.72 Å². The molecule has 0 amide bonds. The maximum Gasteiger partial charge on any atom is 0.279 e. The second-order valence-electron chi connectivity index (χ2n) is 5.67. The minimum absolute atomic E-state index is 0.181. The third-order valence-corrected chi connectivity index (χ3v) is 5.28. The lowest BCUT2D eigenvalue weighted by Crippen LogP contribution is -2.45. The monoisotopic (exact) mass is 291 g/mol. The van der Waals surface area contributed by atoms with Gasteiger partial charge in [0.25, 0.3) is 10.2 Å². The highest BCUT2D eigenvalue weighted by Gasteiger charge is 2.26. The Kier molecular flexibility index (Phi) is 7.28. The van der Waals surface area contributed by atoms with Crippen LogP contribution < -0.4 is 10.0 Å². The molecule has 1 saturated carbocycles. The Balaban J connectivity index is 2.29. The largest absolute Gasteiger partial charge is 0.314 e. The predicted molar refractivity (Wildman–Crippen MR) is 79.3 cm³/mol. The molecule has 1 aliphatic carbocycles. The zero-order valence-electron chi connectivity index (χ0n) is 12.5. The van der Waals surface area contributed by atoms with Crippen LogP contribution in [0.2, 0.25) is 0 Å². The van der Waals surface area contributed by atoms with E-state index in [4.69, 9.17) is 0 Å². The van der Waals surface area contributed by atoms with Crippen molar-refractivity contribution in [2.24, 2.45) is 0 Å². The molecule has 114 valence electrons. The molecule has 6 heteroatoms. The summed E-state index contributed by atoms with van der Waals surface area (Å²) < 4.78 is 28.5. The van der Waals surface area contributed by atoms with Crippen LogP contribution in [0.4, 0.5) is 0 Å². The smallest absolute Gasteiger partial charge is 0.279 e. The van der Waals surface area contributed by atoms with Crippen molar-refractivity contribution in [3.8, 4) is 0 Å². The molecule has 0 aromatic rings. The Hall–Kier alpha value is -0.170. The number of nitrogens with zero attached hydrogens (tertiary/aromatic N) is 1. The zero-order valence-corrected chi connectivity index (χ0v) is 13.3. The van der Waals surface area contributed by atoms with Gasteiger partial charge >= 0.3 is 0 Å². The van der Waals surface area contributed by atoms with E-state index >= 15 is 0 Å². The van der Waals surface area contributed by atoms with Gasteiger partial charge in [-0.05, 0) is 25.8 Å². The highest BCUT2D eigenvalue weighted by Crippen LogP contribution is 2.22. The molecule has 0 spiro atoms. The molecule has 0 aromatic heterocycles. The van der Waals surface area contributed by atoms with Crippen molar-refractivity contribution in [1.82, 2.24) is 14.3 Å². The summed E-state index contributed by atoms with van der Waals surface area (Å²) in [6.45, 7) is 5.51. The van der Waals surface area contributed by atoms with E-state index in [0.717, 1.165) is 38.6 Å². The Labute approximate surface area is 118 Å². The van der Waals surface area contributed by atoms with E-state index in [0.29, 0.717) is 12.6 Å². The van der Waals surface area contributed by atoms with Crippen LogP contribution in [-0.4, -0.2) is 44.9 Å². The van der Waals surface area contributed by atoms with Gasteiger partial charge in [-0.1, -0.05) is 33.1 Å². The summed E-state index contributed by atoms with van der Waals surface area (Å²) in [4.78, 5) is 0. The molecule has 5 nitrogen and oxygen atoms in total. The van der Waals surface area contributed by atoms with Gasteiger partial charge in [-0.15, -0.1) is 0 Å². The number of hydrogen-bond acceptors (Lipinski definition) is 3. The summed E-state index contributed by atoms with van der Waals surface area (Å²) in [6.07, 6.45) is 6.32. The summed E-state index contributed by atoms with van der Waals surface area (Å²) in [5.74, 6) is 0. The van der Waals surface area contributed by atoms with Gasteiger partial charge in [-0.2, -0.15) is 12.7 Å². The molecule has 0 heterocycles. The average molecular weight is 291 g/mol. The van der Waals surface area contributed by atoms with Crippen LogP contribution in [0.1, 0.15) is 52.4 Å². The lowest BCUT2D eigenvalue weighted by atomic mass is 9.96. The molecular formula is C13H29N3O2S. The Morgan fingerprint density at radius 2 is 1.79 bits per heavy atom. The Morgan fingerprint density at radius 1 is 1.16 bits per heavy atom. The second kappa shape index (κ2) is 8.19. The molecular weight excluding hydrogens is 262 g/mol. The van der Waals surface area contributed by atoms with Crippen molar-refractivity contribution in [3.63, 3.8) is 0 Å². The molecule has 0 aromatic carbocycles. The van der Waals surface area contributed by atoms with Crippen LogP contribution in [-0.2, 0) is 10.2 Å². The van der Waals surface area contributed by atoms with Gasteiger partial charge in [0.15, 0.2) is 0 Å². The zero-order chi connectivity index (χ0) is 14.3. The Morgan fingerprint density at radius 3 is 2.37 bits per heavy atom. The molecule has 0 atom stereocenters. The predicted octanol–water partition coefficient (Wildman–Crippen LogP) is 1.47. The van der Waals surface area contributed by atoms with Crippen LogP contribution in [0.15, 0.2) is 0 Å². The first kappa shape index (κ1) is 16.9. The van der Waals surface area contributed by atoms with Crippen LogP contribution in [0.3, 0.4) is 0 Å². The fraction of sp³-hybridized carbons (Fsp3) is 1.00. The molecule has 0 radical (unpaired) electrons. The summed E-state index contributed by atoms with van der Waals surface area (Å²) in [7, 11) is -1.61. The normalized spacial score (nSPS) is 18.4. The molecule has 1 rings (SSSR count). The minimum Gasteiger partial charge on any atom is -0.314 e. The fourth-order valence-electron chi connectivity index (χ4n) is 2.42. The number of nitrogens with one attached hydrogen (secondary N) is 2. The lowest BCUT2D eigenvalue weighted by Gasteiger charge is -2.30. The van der Waals surface area contributed by atoms with Crippen molar-refractivity contribution in [1.29, 1.82) is 0 Å². The van der Waals surface area contributed by atoms with Gasteiger partial charge in [0.2, 0.25) is 0 Å². The van der Waals surface area contributed by atoms with Crippen molar-refractivity contribution in [2.45, 2.75) is 64.5 Å². The molecule has 0 aliphatic heterocycles. The molecule has 2 N–H and O–H groups in total. The van der Waals surface area contributed by atoms with Crippen molar-refractivity contribution < 1.29 is 8.42 Å². The SMILES string of the molecule is CC(C)NCCCNS(=O)(=O)N(C)C1CCCCC1. The van der Waals surface area contributed by atoms with Crippen LogP contribution in [0.25, 0.3) is 0 Å². The van der Waals surface area contributed by atoms with Crippen molar-refractivity contribution in [2.75, 3.05) is 20.1 Å². The first-order valence-corrected chi connectivity index (χ1v) is 8.83. The van der Waals surface area contributed by atoms with E-state index in [-0.39, 0.29) is 6.04 Å². The van der Waals surface area contributed by atoms with Gasteiger partial charge in [0.05, 0.1) is 0 Å². The third kappa shape index (κ3) is 6.21. The van der Waals surface area contributed by atoms with Gasteiger partial charge < -0.3 is 5.32 Å². The molecule has 0 bridgehead atoms. The lowest BCUT2D eigenvalue weighted by molar-refractivity contribution is 0.283. The van der Waals surface area contributed by atoms with Gasteiger partial charge in [0, 0.05) is 25.7 Å². The fourth-order valence-corrected chi connectivity index (χ4v) is 3.63. The maximum atomic E-state index is 12.1. The van der Waals surface area contributed by atoms with E-state index in [9.17, 15) is 8.42 Å². The molecule has 1 aliphatic rings. The summed E-state index contributed by atoms with van der Waals surface area (Å²) in [5, 5.41) is 3.28. The quantitative estimate of drug-likeness (QED) is 0.666. The van der Waals surface area contributed by atoms with E-state index in [2.05, 4.69) is 23.9 Å². The van der Waals surface area contributed by atoms with E-state index in [1.54, 1.807) is 7.05 Å². The summed E-state index contributed by atoms with van der Waals surface area (Å²) >= 11 is 0. The summed E-state index contributed by atoms with van der Waals surface area (Å²) in [5.41, 5.74) is 0. The number of hydrogen-bond donors (Lipinski definition) is 2. The van der Waals surface area contributed by atoms with Crippen LogP contribution in [0, 0.1) is 0 Å². The molecule has 1 fully saturated rings. The first-order valence-electron chi connectivity index (χ1n) is 7.39. The second-order valence-corrected chi connectivity index (χ2v) is 7.48. The molecule has 0 unspecified atom stereocenters. The highest BCUT2D eigenvalue weighted by molar-refractivity contribution is 7.87. The van der Waals surface area contributed by atoms with E-state index < -0.39 is 10.2 Å². The number of rotatable bonds is 8. The molecule has 19 heavy (non-hydrogen) atoms. The minimum atomic E-state index is -3.31. The van der Waals surface area contributed by atoms with E-state index in [1.165, 1.54) is 10.7 Å². The standard InChI is InChI=1S/C13H29N3O2S/c1-12(2)14-10-7-11-15-19(17,18)16(3)13-8-5-4-6-9-13/h12-15H,4-11H2,1-3H3. The van der Waals surface area contributed by atoms with Crippen LogP contribution >= 0.6 is 0 Å². The molecule has 0 saturated heterocycles. The van der Waals surface area contributed by atoms with Crippen molar-refractivity contribution >= 4 is 10.2 Å². The third-order valence-electron chi connectivity index (χ3n) is 3.66. The van der Waals surface area contributed by atoms with E-state index in [1.807, 2.05) is 0 Å².